The number of unbranched alkanes of at least 4 members (excludes halogenated alkanes) is 1. The molecule has 0 fully saturated rings. The average molecular weight is 321 g/mol. The molecule has 0 heterocycles. The molecule has 0 bridgehead atoms. The summed E-state index contributed by atoms with van der Waals surface area (Å²) in [5.41, 5.74) is -0.464. The molecule has 7 heteroatoms. The molecule has 0 aliphatic carbocycles. The van der Waals surface area contributed by atoms with E-state index in [1.165, 1.54) is 12.1 Å². The van der Waals surface area contributed by atoms with E-state index in [9.17, 15) is 22.2 Å². The lowest BCUT2D eigenvalue weighted by Gasteiger charge is -2.09. The summed E-state index contributed by atoms with van der Waals surface area (Å²) in [6.07, 6.45) is -2.64. The molecule has 118 valence electrons. The first-order chi connectivity index (χ1) is 9.82. The lowest BCUT2D eigenvalue weighted by Crippen LogP contribution is -2.29. The van der Waals surface area contributed by atoms with Gasteiger partial charge in [-0.15, -0.1) is 0 Å². The molecule has 1 atom stereocenters. The van der Waals surface area contributed by atoms with Crippen LogP contribution in [0.5, 0.6) is 0 Å². The lowest BCUT2D eigenvalue weighted by atomic mass is 10.1. The van der Waals surface area contributed by atoms with Crippen LogP contribution in [0.1, 0.15) is 30.9 Å². The number of nitrogens with one attached hydrogen (secondary N) is 1. The van der Waals surface area contributed by atoms with Crippen LogP contribution < -0.4 is 5.32 Å². The average Bonchev–Trinajstić information content (AvgIpc) is 2.38. The molecule has 1 N–H and O–H groups in total. The van der Waals surface area contributed by atoms with Gasteiger partial charge >= 0.3 is 6.18 Å². The minimum atomic E-state index is -4.42. The number of carbonyl (C=O) groups excluding carboxylic acids is 1. The van der Waals surface area contributed by atoms with Crippen LogP contribution in [0.4, 0.5) is 13.2 Å². The topological polar surface area (TPSA) is 46.2 Å². The van der Waals surface area contributed by atoms with Crippen molar-refractivity contribution in [1.29, 1.82) is 0 Å². The van der Waals surface area contributed by atoms with Crippen molar-refractivity contribution in [2.45, 2.75) is 31.7 Å². The van der Waals surface area contributed by atoms with Gasteiger partial charge in [0.15, 0.2) is 0 Å². The molecular formula is C14H18F3NO2S. The van der Waals surface area contributed by atoms with Crippen LogP contribution in [0.15, 0.2) is 24.3 Å². The highest BCUT2D eigenvalue weighted by molar-refractivity contribution is 7.84. The Balaban J connectivity index is 2.53. The number of rotatable bonds is 7. The van der Waals surface area contributed by atoms with E-state index in [1.54, 1.807) is 0 Å². The van der Waals surface area contributed by atoms with Gasteiger partial charge in [-0.3, -0.25) is 9.00 Å². The molecule has 0 aromatic heterocycles. The third kappa shape index (κ3) is 6.75. The normalized spacial score (nSPS) is 13.0. The van der Waals surface area contributed by atoms with Gasteiger partial charge in [0.25, 0.3) is 0 Å². The number of alkyl halides is 3. The van der Waals surface area contributed by atoms with Crippen LogP contribution >= 0.6 is 0 Å². The molecule has 0 unspecified atom stereocenters. The van der Waals surface area contributed by atoms with Gasteiger partial charge in [-0.25, -0.2) is 0 Å². The second-order valence-electron chi connectivity index (χ2n) is 4.63. The molecule has 1 aromatic carbocycles. The highest BCUT2D eigenvalue weighted by Gasteiger charge is 2.30. The van der Waals surface area contributed by atoms with E-state index in [2.05, 4.69) is 5.32 Å². The Morgan fingerprint density at radius 3 is 2.67 bits per heavy atom. The molecule has 0 aliphatic heterocycles. The summed E-state index contributed by atoms with van der Waals surface area (Å²) in [5.74, 6) is -0.598. The van der Waals surface area contributed by atoms with Gasteiger partial charge in [-0.1, -0.05) is 31.5 Å². The first-order valence-electron chi connectivity index (χ1n) is 6.60. The first-order valence-corrected chi connectivity index (χ1v) is 8.09. The van der Waals surface area contributed by atoms with Crippen LogP contribution in [0.3, 0.4) is 0 Å². The Morgan fingerprint density at radius 2 is 2.05 bits per heavy atom. The first kappa shape index (κ1) is 17.7. The maximum Gasteiger partial charge on any atom is 0.416 e. The van der Waals surface area contributed by atoms with E-state index in [0.717, 1.165) is 25.0 Å². The molecule has 1 aromatic rings. The smallest absolute Gasteiger partial charge is 0.355 e. The highest BCUT2D eigenvalue weighted by atomic mass is 32.2. The zero-order chi connectivity index (χ0) is 15.9. The van der Waals surface area contributed by atoms with Crippen molar-refractivity contribution >= 4 is 16.7 Å². The van der Waals surface area contributed by atoms with E-state index in [-0.39, 0.29) is 17.4 Å². The van der Waals surface area contributed by atoms with Gasteiger partial charge in [0, 0.05) is 23.1 Å². The molecule has 1 rings (SSSR count). The van der Waals surface area contributed by atoms with Crippen molar-refractivity contribution in [3.63, 3.8) is 0 Å². The molecule has 0 radical (unpaired) electrons. The van der Waals surface area contributed by atoms with Gasteiger partial charge in [-0.05, 0) is 18.1 Å². The summed E-state index contributed by atoms with van der Waals surface area (Å²) in [4.78, 5) is 11.5. The van der Waals surface area contributed by atoms with Crippen molar-refractivity contribution in [3.05, 3.63) is 35.4 Å². The molecular weight excluding hydrogens is 303 g/mol. The fraction of sp³-hybridized carbons (Fsp3) is 0.500. The molecule has 0 saturated carbocycles. The number of benzene rings is 1. The van der Waals surface area contributed by atoms with E-state index >= 15 is 0 Å². The molecule has 0 aliphatic rings. The van der Waals surface area contributed by atoms with E-state index in [0.29, 0.717) is 12.1 Å². The fourth-order valence-electron chi connectivity index (χ4n) is 1.68. The Kier molecular flexibility index (Phi) is 6.87. The molecule has 21 heavy (non-hydrogen) atoms. The van der Waals surface area contributed by atoms with Crippen LogP contribution in [0.25, 0.3) is 0 Å². The van der Waals surface area contributed by atoms with Crippen LogP contribution in [0, 0.1) is 0 Å². The Labute approximate surface area is 124 Å². The van der Waals surface area contributed by atoms with Gasteiger partial charge in [0.1, 0.15) is 5.75 Å². The van der Waals surface area contributed by atoms with E-state index in [1.807, 2.05) is 6.92 Å². The summed E-state index contributed by atoms with van der Waals surface area (Å²) in [5, 5.41) is 2.62. The van der Waals surface area contributed by atoms with Gasteiger partial charge in [-0.2, -0.15) is 13.2 Å². The number of halogens is 3. The summed E-state index contributed by atoms with van der Waals surface area (Å²) >= 11 is 0. The summed E-state index contributed by atoms with van der Waals surface area (Å²) in [6, 6.07) is 4.68. The largest absolute Gasteiger partial charge is 0.416 e. The zero-order valence-electron chi connectivity index (χ0n) is 11.7. The van der Waals surface area contributed by atoms with Crippen molar-refractivity contribution in [3.8, 4) is 0 Å². The van der Waals surface area contributed by atoms with Crippen LogP contribution in [0.2, 0.25) is 0 Å². The summed E-state index contributed by atoms with van der Waals surface area (Å²) in [7, 11) is -1.52. The molecule has 1 amide bonds. The van der Waals surface area contributed by atoms with Crippen molar-refractivity contribution in [2.24, 2.45) is 0 Å². The number of amides is 1. The summed E-state index contributed by atoms with van der Waals surface area (Å²) < 4.78 is 49.4. The maximum absolute atomic E-state index is 12.5. The van der Waals surface area contributed by atoms with Gasteiger partial charge in [0.2, 0.25) is 5.91 Å². The number of carbonyl (C=O) groups is 1. The van der Waals surface area contributed by atoms with Gasteiger partial charge in [0.05, 0.1) is 5.56 Å². The third-order valence-electron chi connectivity index (χ3n) is 2.73. The Bertz CT molecular complexity index is 503. The second kappa shape index (κ2) is 8.17. The van der Waals surface area contributed by atoms with E-state index in [4.69, 9.17) is 0 Å². The third-order valence-corrected chi connectivity index (χ3v) is 3.97. The number of hydrogen-bond acceptors (Lipinski definition) is 2. The minimum Gasteiger partial charge on any atom is -0.355 e. The van der Waals surface area contributed by atoms with Crippen molar-refractivity contribution < 1.29 is 22.2 Å². The maximum atomic E-state index is 12.5. The quantitative estimate of drug-likeness (QED) is 0.785. The predicted octanol–water partition coefficient (Wildman–Crippen LogP) is 2.87. The summed E-state index contributed by atoms with van der Waals surface area (Å²) in [6.45, 7) is 2.51. The van der Waals surface area contributed by atoms with Crippen LogP contribution in [-0.4, -0.2) is 22.4 Å². The lowest BCUT2D eigenvalue weighted by molar-refractivity contribution is -0.137. The predicted molar refractivity (Wildman–Crippen MR) is 76.1 cm³/mol. The SMILES string of the molecule is CCCCNC(=O)C[S@@](=O)Cc1cccc(C(F)(F)F)c1. The standard InChI is InChI=1S/C14H18F3NO2S/c1-2-3-7-18-13(19)10-21(20)9-11-5-4-6-12(8-11)14(15,16)17/h4-6,8H,2-3,7,9-10H2,1H3,(H,18,19)/t21-/m0/s1. The molecule has 3 nitrogen and oxygen atoms in total. The molecule has 0 saturated heterocycles. The Morgan fingerprint density at radius 1 is 1.33 bits per heavy atom. The second-order valence-corrected chi connectivity index (χ2v) is 6.09. The van der Waals surface area contributed by atoms with Gasteiger partial charge < -0.3 is 5.32 Å². The highest BCUT2D eigenvalue weighted by Crippen LogP contribution is 2.29. The Hall–Kier alpha value is -1.37. The van der Waals surface area contributed by atoms with Crippen molar-refractivity contribution in [1.82, 2.24) is 5.32 Å². The van der Waals surface area contributed by atoms with E-state index < -0.39 is 22.5 Å². The van der Waals surface area contributed by atoms with Crippen molar-refractivity contribution in [2.75, 3.05) is 12.3 Å². The zero-order valence-corrected chi connectivity index (χ0v) is 12.5. The molecule has 0 spiro atoms. The number of hydrogen-bond donors (Lipinski definition) is 1. The minimum absolute atomic E-state index is 0.0644. The fourth-order valence-corrected chi connectivity index (χ4v) is 2.72. The van der Waals surface area contributed by atoms with Crippen LogP contribution in [-0.2, 0) is 27.5 Å². The monoisotopic (exact) mass is 321 g/mol.